The molecule has 30 heavy (non-hydrogen) atoms. The van der Waals surface area contributed by atoms with Gasteiger partial charge in [0.25, 0.3) is 5.91 Å². The third-order valence-corrected chi connectivity index (χ3v) is 4.46. The number of halogens is 6. The number of hydrogen-bond acceptors (Lipinski definition) is 2. The Hall–Kier alpha value is -3.04. The highest BCUT2D eigenvalue weighted by Gasteiger charge is 2.37. The van der Waals surface area contributed by atoms with E-state index >= 15 is 0 Å². The number of carbonyl (C=O) groups excluding carboxylic acids is 1. The molecule has 0 heterocycles. The smallest absolute Gasteiger partial charge is 0.416 e. The topological polar surface area (TPSA) is 66.4 Å². The molecule has 1 amide bonds. The molecule has 162 valence electrons. The zero-order valence-corrected chi connectivity index (χ0v) is 15.8. The second-order valence-corrected chi connectivity index (χ2v) is 6.78. The Kier molecular flexibility index (Phi) is 6.48. The number of rotatable bonds is 5. The number of carboxylic acid groups (broad SMARTS) is 1. The Morgan fingerprint density at radius 1 is 0.900 bits per heavy atom. The summed E-state index contributed by atoms with van der Waals surface area (Å²) >= 11 is 0. The van der Waals surface area contributed by atoms with Crippen LogP contribution in [0.2, 0.25) is 0 Å². The van der Waals surface area contributed by atoms with Gasteiger partial charge in [0.15, 0.2) is 0 Å². The average Bonchev–Trinajstić information content (AvgIpc) is 2.62. The molecule has 4 nitrogen and oxygen atoms in total. The van der Waals surface area contributed by atoms with Crippen molar-refractivity contribution in [2.45, 2.75) is 38.7 Å². The first-order valence-electron chi connectivity index (χ1n) is 8.57. The minimum atomic E-state index is -5.12. The molecule has 2 rings (SSSR count). The van der Waals surface area contributed by atoms with Crippen molar-refractivity contribution in [3.05, 3.63) is 69.8 Å². The standard InChI is InChI=1S/C20H17F6NO3/c1-10-3-4-12(5-11(10)2)6-16(18(29)30)27-17(28)13-7-14(19(21,22)23)9-15(8-13)20(24,25)26/h3-5,7-9,16H,6H2,1-2H3,(H,27,28)(H,29,30)/t16-/m0/s1. The first kappa shape index (κ1) is 23.2. The molecule has 0 unspecified atom stereocenters. The fraction of sp³-hybridized carbons (Fsp3) is 0.300. The Balaban J connectivity index is 2.35. The van der Waals surface area contributed by atoms with Gasteiger partial charge in [-0.05, 0) is 48.7 Å². The van der Waals surface area contributed by atoms with Crippen molar-refractivity contribution in [2.75, 3.05) is 0 Å². The van der Waals surface area contributed by atoms with Gasteiger partial charge >= 0.3 is 18.3 Å². The van der Waals surface area contributed by atoms with Crippen LogP contribution in [0.25, 0.3) is 0 Å². The zero-order valence-electron chi connectivity index (χ0n) is 15.8. The lowest BCUT2D eigenvalue weighted by atomic mass is 10.00. The second-order valence-electron chi connectivity index (χ2n) is 6.78. The van der Waals surface area contributed by atoms with Crippen molar-refractivity contribution < 1.29 is 41.0 Å². The average molecular weight is 433 g/mol. The van der Waals surface area contributed by atoms with Crippen LogP contribution in [0.5, 0.6) is 0 Å². The van der Waals surface area contributed by atoms with Gasteiger partial charge < -0.3 is 10.4 Å². The number of hydrogen-bond donors (Lipinski definition) is 2. The van der Waals surface area contributed by atoms with Gasteiger partial charge in [0.05, 0.1) is 11.1 Å². The van der Waals surface area contributed by atoms with E-state index in [0.717, 1.165) is 11.1 Å². The van der Waals surface area contributed by atoms with Gasteiger partial charge in [-0.25, -0.2) is 4.79 Å². The van der Waals surface area contributed by atoms with E-state index < -0.39 is 47.0 Å². The SMILES string of the molecule is Cc1ccc(C[C@H](NC(=O)c2cc(C(F)(F)F)cc(C(F)(F)F)c2)C(=O)O)cc1C. The van der Waals surface area contributed by atoms with Gasteiger partial charge in [-0.15, -0.1) is 0 Å². The Bertz CT molecular complexity index is 934. The minimum absolute atomic E-state index is 0.111. The molecular weight excluding hydrogens is 416 g/mol. The van der Waals surface area contributed by atoms with Crippen LogP contribution in [-0.4, -0.2) is 23.0 Å². The van der Waals surface area contributed by atoms with E-state index in [1.165, 1.54) is 0 Å². The van der Waals surface area contributed by atoms with Crippen LogP contribution in [0.3, 0.4) is 0 Å². The summed E-state index contributed by atoms with van der Waals surface area (Å²) in [7, 11) is 0. The molecule has 0 bridgehead atoms. The maximum atomic E-state index is 13.0. The Labute approximate surface area is 167 Å². The van der Waals surface area contributed by atoms with Gasteiger partial charge in [-0.3, -0.25) is 4.79 Å². The van der Waals surface area contributed by atoms with E-state index in [1.807, 2.05) is 12.2 Å². The number of benzene rings is 2. The van der Waals surface area contributed by atoms with Crippen molar-refractivity contribution in [1.82, 2.24) is 5.32 Å². The van der Waals surface area contributed by atoms with Gasteiger partial charge in [0.1, 0.15) is 6.04 Å². The number of aryl methyl sites for hydroxylation is 2. The van der Waals surface area contributed by atoms with Crippen LogP contribution in [-0.2, 0) is 23.6 Å². The summed E-state index contributed by atoms with van der Waals surface area (Å²) in [6.45, 7) is 3.62. The highest BCUT2D eigenvalue weighted by Crippen LogP contribution is 2.36. The van der Waals surface area contributed by atoms with Crippen molar-refractivity contribution in [1.29, 1.82) is 0 Å². The molecule has 0 saturated carbocycles. The van der Waals surface area contributed by atoms with E-state index in [9.17, 15) is 41.0 Å². The molecule has 0 radical (unpaired) electrons. The molecule has 2 N–H and O–H groups in total. The number of amides is 1. The third-order valence-electron chi connectivity index (χ3n) is 4.46. The molecule has 2 aromatic carbocycles. The fourth-order valence-corrected chi connectivity index (χ4v) is 2.69. The second kappa shape index (κ2) is 8.37. The number of carbonyl (C=O) groups is 2. The quantitative estimate of drug-likeness (QED) is 0.668. The monoisotopic (exact) mass is 433 g/mol. The van der Waals surface area contributed by atoms with Gasteiger partial charge in [-0.1, -0.05) is 18.2 Å². The normalized spacial score (nSPS) is 13.1. The molecule has 0 fully saturated rings. The first-order valence-corrected chi connectivity index (χ1v) is 8.57. The van der Waals surface area contributed by atoms with Crippen molar-refractivity contribution >= 4 is 11.9 Å². The predicted octanol–water partition coefficient (Wildman–Crippen LogP) is 4.77. The van der Waals surface area contributed by atoms with Gasteiger partial charge in [0.2, 0.25) is 0 Å². The van der Waals surface area contributed by atoms with Gasteiger partial charge in [-0.2, -0.15) is 26.3 Å². The van der Waals surface area contributed by atoms with E-state index in [2.05, 4.69) is 0 Å². The summed E-state index contributed by atoms with van der Waals surface area (Å²) in [6, 6.07) is 3.87. The lowest BCUT2D eigenvalue weighted by Gasteiger charge is -2.17. The largest absolute Gasteiger partial charge is 0.480 e. The number of nitrogens with one attached hydrogen (secondary N) is 1. The highest BCUT2D eigenvalue weighted by atomic mass is 19.4. The van der Waals surface area contributed by atoms with E-state index in [0.29, 0.717) is 5.56 Å². The van der Waals surface area contributed by atoms with E-state index in [1.54, 1.807) is 25.1 Å². The summed E-state index contributed by atoms with van der Waals surface area (Å²) in [6.07, 6.45) is -10.4. The van der Waals surface area contributed by atoms with E-state index in [4.69, 9.17) is 0 Å². The molecule has 0 aliphatic rings. The fourth-order valence-electron chi connectivity index (χ4n) is 2.69. The Morgan fingerprint density at radius 3 is 1.87 bits per heavy atom. The van der Waals surface area contributed by atoms with Crippen LogP contribution in [0.1, 0.15) is 38.2 Å². The summed E-state index contributed by atoms with van der Waals surface area (Å²) in [5.41, 5.74) is -1.93. The van der Waals surface area contributed by atoms with E-state index in [-0.39, 0.29) is 24.6 Å². The maximum absolute atomic E-state index is 13.0. The number of carboxylic acids is 1. The van der Waals surface area contributed by atoms with Crippen LogP contribution < -0.4 is 5.32 Å². The summed E-state index contributed by atoms with van der Waals surface area (Å²) in [4.78, 5) is 23.8. The molecule has 10 heteroatoms. The summed E-state index contributed by atoms with van der Waals surface area (Å²) in [5.74, 6) is -2.84. The number of aliphatic carboxylic acids is 1. The highest BCUT2D eigenvalue weighted by molar-refractivity contribution is 5.97. The summed E-state index contributed by atoms with van der Waals surface area (Å²) < 4.78 is 77.7. The molecule has 0 spiro atoms. The molecule has 0 saturated heterocycles. The lowest BCUT2D eigenvalue weighted by molar-refractivity contribution is -0.143. The third kappa shape index (κ3) is 5.74. The first-order chi connectivity index (χ1) is 13.7. The molecule has 0 aliphatic carbocycles. The van der Waals surface area contributed by atoms with Crippen molar-refractivity contribution in [3.63, 3.8) is 0 Å². The van der Waals surface area contributed by atoms with Crippen molar-refractivity contribution in [3.8, 4) is 0 Å². The van der Waals surface area contributed by atoms with Gasteiger partial charge in [0, 0.05) is 12.0 Å². The molecule has 0 aromatic heterocycles. The summed E-state index contributed by atoms with van der Waals surface area (Å²) in [5, 5.41) is 11.3. The van der Waals surface area contributed by atoms with Crippen LogP contribution in [0, 0.1) is 13.8 Å². The van der Waals surface area contributed by atoms with Crippen LogP contribution in [0.4, 0.5) is 26.3 Å². The molecular formula is C20H17F6NO3. The molecule has 1 atom stereocenters. The molecule has 2 aromatic rings. The van der Waals surface area contributed by atoms with Crippen LogP contribution in [0.15, 0.2) is 36.4 Å². The maximum Gasteiger partial charge on any atom is 0.416 e. The molecule has 0 aliphatic heterocycles. The zero-order chi connectivity index (χ0) is 22.9. The minimum Gasteiger partial charge on any atom is -0.480 e. The number of alkyl halides is 6. The Morgan fingerprint density at radius 2 is 1.43 bits per heavy atom. The van der Waals surface area contributed by atoms with Crippen LogP contribution >= 0.6 is 0 Å². The van der Waals surface area contributed by atoms with Crippen molar-refractivity contribution in [2.24, 2.45) is 0 Å². The predicted molar refractivity (Wildman–Crippen MR) is 95.0 cm³/mol. The lowest BCUT2D eigenvalue weighted by Crippen LogP contribution is -2.42.